The summed E-state index contributed by atoms with van der Waals surface area (Å²) < 4.78 is 0. The minimum absolute atomic E-state index is 0.574. The third kappa shape index (κ3) is 6.90. The van der Waals surface area contributed by atoms with Crippen molar-refractivity contribution >= 4 is 25.3 Å². The highest BCUT2D eigenvalue weighted by Crippen LogP contribution is 1.94. The largest absolute Gasteiger partial charge is 0.262 e. The molecule has 1 atom stereocenters. The molecule has 0 fully saturated rings. The summed E-state index contributed by atoms with van der Waals surface area (Å²) in [6.07, 6.45) is 5.37. The molecule has 0 radical (unpaired) electrons. The van der Waals surface area contributed by atoms with Crippen LogP contribution in [-0.2, 0) is 0 Å². The Kier molecular flexibility index (Phi) is 8.50. The Labute approximate surface area is 70.7 Å². The van der Waals surface area contributed by atoms with E-state index in [-0.39, 0.29) is 0 Å². The molecule has 10 heavy (non-hydrogen) atoms. The maximum Gasteiger partial charge on any atom is 0.0118 e. The van der Waals surface area contributed by atoms with Crippen molar-refractivity contribution in [2.45, 2.75) is 38.8 Å². The van der Waals surface area contributed by atoms with Crippen LogP contribution in [0.25, 0.3) is 0 Å². The summed E-state index contributed by atoms with van der Waals surface area (Å²) in [5.74, 6) is 0. The zero-order valence-corrected chi connectivity index (χ0v) is 10.6. The summed E-state index contributed by atoms with van der Waals surface area (Å²) in [5, 5.41) is 0. The van der Waals surface area contributed by atoms with Crippen LogP contribution in [0.2, 0.25) is 12.1 Å². The molecule has 0 spiro atoms. The summed E-state index contributed by atoms with van der Waals surface area (Å²) in [6, 6.07) is 3.11. The smallest absolute Gasteiger partial charge is 0.0118 e. The Morgan fingerprint density at radius 3 is 1.70 bits per heavy atom. The van der Waals surface area contributed by atoms with Gasteiger partial charge in [0.2, 0.25) is 0 Å². The minimum atomic E-state index is 0.574. The van der Waals surface area contributed by atoms with Gasteiger partial charge in [-0.3, -0.25) is 8.89 Å². The van der Waals surface area contributed by atoms with Gasteiger partial charge in [0.1, 0.15) is 0 Å². The first-order valence-corrected chi connectivity index (χ1v) is 10.9. The molecule has 0 aliphatic heterocycles. The topological polar surface area (TPSA) is 0 Å². The van der Waals surface area contributed by atoms with Crippen LogP contribution in [0.1, 0.15) is 26.7 Å². The highest BCUT2D eigenvalue weighted by molar-refractivity contribution is 8.21. The molecule has 0 aromatic heterocycles. The van der Waals surface area contributed by atoms with Crippen molar-refractivity contribution < 1.29 is 0 Å². The molecule has 62 valence electrons. The summed E-state index contributed by atoms with van der Waals surface area (Å²) in [4.78, 5) is 0. The first-order valence-electron chi connectivity index (χ1n) is 4.19. The van der Waals surface area contributed by atoms with Gasteiger partial charge in [-0.25, -0.2) is 0 Å². The molecule has 0 rings (SSSR count). The van der Waals surface area contributed by atoms with Crippen LogP contribution < -0.4 is 0 Å². The van der Waals surface area contributed by atoms with Crippen molar-refractivity contribution in [3.63, 3.8) is 0 Å². The van der Waals surface area contributed by atoms with E-state index >= 15 is 0 Å². The van der Waals surface area contributed by atoms with Gasteiger partial charge in [0, 0.05) is 16.5 Å². The van der Waals surface area contributed by atoms with Gasteiger partial charge >= 0.3 is 0 Å². The summed E-state index contributed by atoms with van der Waals surface area (Å²) in [6.45, 7) is 4.62. The normalized spacial score (nSPS) is 14.3. The zero-order valence-electron chi connectivity index (χ0n) is 7.43. The van der Waals surface area contributed by atoms with Crippen LogP contribution in [0.15, 0.2) is 0 Å². The van der Waals surface area contributed by atoms with Gasteiger partial charge in [-0.2, -0.15) is 0 Å². The molecule has 0 bridgehead atoms. The van der Waals surface area contributed by atoms with Crippen LogP contribution in [0.4, 0.5) is 0 Å². The van der Waals surface area contributed by atoms with Crippen molar-refractivity contribution in [3.8, 4) is 0 Å². The molecule has 0 saturated carbocycles. The maximum atomic E-state index is 2.52. The first-order chi connectivity index (χ1) is 4.81. The second kappa shape index (κ2) is 7.89. The molecular formula is C7H20SSi2. The van der Waals surface area contributed by atoms with E-state index in [1.165, 1.54) is 12.8 Å². The molecule has 0 amide bonds. The first kappa shape index (κ1) is 10.8. The number of hydrogen-bond donors (Lipinski definition) is 1. The van der Waals surface area contributed by atoms with Crippen LogP contribution in [-0.4, -0.2) is 22.7 Å². The fourth-order valence-corrected chi connectivity index (χ4v) is 10.7. The van der Waals surface area contributed by atoms with Crippen LogP contribution in [0.3, 0.4) is 0 Å². The van der Waals surface area contributed by atoms with Crippen LogP contribution in [0, 0.1) is 0 Å². The highest BCUT2D eigenvalue weighted by Gasteiger charge is 1.74. The second-order valence-electron chi connectivity index (χ2n) is 2.61. The Morgan fingerprint density at radius 1 is 1.00 bits per heavy atom. The molecule has 0 aromatic rings. The van der Waals surface area contributed by atoms with Gasteiger partial charge in [-0.15, -0.1) is 0 Å². The van der Waals surface area contributed by atoms with E-state index < -0.39 is 0 Å². The monoisotopic (exact) mass is 192 g/mol. The fraction of sp³-hybridized carbons (Fsp3) is 1.00. The Morgan fingerprint density at radius 2 is 1.40 bits per heavy atom. The van der Waals surface area contributed by atoms with Crippen molar-refractivity contribution in [2.24, 2.45) is 0 Å². The molecular weight excluding hydrogens is 172 g/mol. The summed E-state index contributed by atoms with van der Waals surface area (Å²) in [7, 11) is 2.31. The molecule has 0 heterocycles. The van der Waals surface area contributed by atoms with Crippen molar-refractivity contribution in [1.82, 2.24) is 0 Å². The van der Waals surface area contributed by atoms with E-state index in [2.05, 4.69) is 20.1 Å². The number of hydrogen-bond acceptors (Lipinski definition) is 0. The van der Waals surface area contributed by atoms with Gasteiger partial charge in [0.05, 0.1) is 0 Å². The van der Waals surface area contributed by atoms with Crippen molar-refractivity contribution in [2.75, 3.05) is 6.26 Å². The average molecular weight is 192 g/mol. The van der Waals surface area contributed by atoms with Gasteiger partial charge in [0.25, 0.3) is 0 Å². The standard InChI is InChI=1S/C7H20SSi2/c1-4-6-9-8(3)10-7-5-2/h8-10H,4-7H2,1-3H3. The quantitative estimate of drug-likeness (QED) is 0.511. The molecule has 3 heteroatoms. The molecule has 0 nitrogen and oxygen atoms in total. The van der Waals surface area contributed by atoms with E-state index in [9.17, 15) is 0 Å². The summed E-state index contributed by atoms with van der Waals surface area (Å²) in [5.41, 5.74) is 0. The predicted octanol–water partition coefficient (Wildman–Crippen LogP) is 1.98. The maximum absolute atomic E-state index is 2.52. The molecule has 0 saturated heterocycles. The van der Waals surface area contributed by atoms with Gasteiger partial charge in [-0.1, -0.05) is 26.7 Å². The Hall–Kier alpha value is 0.784. The molecule has 0 aliphatic carbocycles. The van der Waals surface area contributed by atoms with Crippen LogP contribution in [0.5, 0.6) is 0 Å². The number of rotatable bonds is 4. The molecule has 1 unspecified atom stereocenters. The van der Waals surface area contributed by atoms with Crippen LogP contribution >= 0.6 is 8.89 Å². The predicted molar refractivity (Wildman–Crippen MR) is 59.4 cm³/mol. The van der Waals surface area contributed by atoms with E-state index in [0.717, 1.165) is 16.5 Å². The Bertz CT molecular complexity index is 132. The minimum Gasteiger partial charge on any atom is -0.262 e. The van der Waals surface area contributed by atoms with E-state index in [1.807, 2.05) is 0 Å². The Balaban J connectivity index is 3.66. The molecule has 0 N–H and O–H groups in total. The molecule has 0 aliphatic rings. The number of thiol groups is 1. The van der Waals surface area contributed by atoms with E-state index in [0.29, 0.717) is 8.89 Å². The lowest BCUT2D eigenvalue weighted by Crippen LogP contribution is -1.75. The third-order valence-electron chi connectivity index (χ3n) is 1.41. The van der Waals surface area contributed by atoms with Gasteiger partial charge in [0.15, 0.2) is 0 Å². The third-order valence-corrected chi connectivity index (χ3v) is 13.0. The van der Waals surface area contributed by atoms with Crippen molar-refractivity contribution in [3.05, 3.63) is 0 Å². The lowest BCUT2D eigenvalue weighted by atomic mass is 10.6. The summed E-state index contributed by atoms with van der Waals surface area (Å²) >= 11 is 0. The lowest BCUT2D eigenvalue weighted by molar-refractivity contribution is 1.08. The van der Waals surface area contributed by atoms with Gasteiger partial charge < -0.3 is 0 Å². The zero-order chi connectivity index (χ0) is 7.82. The highest BCUT2D eigenvalue weighted by atomic mass is 32.4. The van der Waals surface area contributed by atoms with Gasteiger partial charge in [-0.05, 0) is 18.3 Å². The molecule has 0 aromatic carbocycles. The van der Waals surface area contributed by atoms with E-state index in [4.69, 9.17) is 0 Å². The van der Waals surface area contributed by atoms with E-state index in [1.54, 1.807) is 12.1 Å². The second-order valence-corrected chi connectivity index (χ2v) is 14.7. The lowest BCUT2D eigenvalue weighted by Gasteiger charge is -1.88. The fourth-order valence-electron chi connectivity index (χ4n) is 0.740. The SMILES string of the molecule is CCC/[SiH]=[SH](/C)=[SiH]/CCC. The van der Waals surface area contributed by atoms with Crippen molar-refractivity contribution in [1.29, 1.82) is 0 Å². The average Bonchev–Trinajstić information content (AvgIpc) is 1.97.